The highest BCUT2D eigenvalue weighted by Gasteiger charge is 2.24. The summed E-state index contributed by atoms with van der Waals surface area (Å²) < 4.78 is 1.23. The summed E-state index contributed by atoms with van der Waals surface area (Å²) >= 11 is 8.17. The van der Waals surface area contributed by atoms with Gasteiger partial charge in [-0.3, -0.25) is 0 Å². The molecule has 4 heteroatoms. The molecular formula is C16H22ClNOS. The van der Waals surface area contributed by atoms with Crippen molar-refractivity contribution in [1.82, 2.24) is 5.32 Å². The summed E-state index contributed by atoms with van der Waals surface area (Å²) in [6.07, 6.45) is 1.96. The molecule has 2 aromatic rings. The molecule has 0 spiro atoms. The Labute approximate surface area is 129 Å². The van der Waals surface area contributed by atoms with Gasteiger partial charge in [0, 0.05) is 40.1 Å². The Kier molecular flexibility index (Phi) is 5.44. The van der Waals surface area contributed by atoms with Crippen LogP contribution < -0.4 is 5.32 Å². The zero-order valence-electron chi connectivity index (χ0n) is 12.1. The number of rotatable bonds is 7. The Hall–Kier alpha value is -0.610. The third kappa shape index (κ3) is 3.17. The fraction of sp³-hybridized carbons (Fsp3) is 0.500. The first-order valence-corrected chi connectivity index (χ1v) is 8.32. The Bertz CT molecular complexity index is 554. The number of halogens is 1. The minimum atomic E-state index is -0.0108. The van der Waals surface area contributed by atoms with Crippen LogP contribution >= 0.6 is 22.9 Å². The van der Waals surface area contributed by atoms with Gasteiger partial charge in [-0.15, -0.1) is 11.3 Å². The molecule has 0 aliphatic heterocycles. The Balaban J connectivity index is 2.04. The lowest BCUT2D eigenvalue weighted by atomic mass is 9.83. The molecule has 0 saturated heterocycles. The molecule has 2 N–H and O–H groups in total. The number of aliphatic hydroxyl groups excluding tert-OH is 1. The van der Waals surface area contributed by atoms with Crippen LogP contribution in [0.4, 0.5) is 0 Å². The molecule has 1 heterocycles. The summed E-state index contributed by atoms with van der Waals surface area (Å²) in [5.74, 6) is 0. The molecule has 0 amide bonds. The van der Waals surface area contributed by atoms with Crippen LogP contribution in [-0.4, -0.2) is 18.3 Å². The second-order valence-electron chi connectivity index (χ2n) is 5.30. The second kappa shape index (κ2) is 6.90. The predicted molar refractivity (Wildman–Crippen MR) is 88.6 cm³/mol. The lowest BCUT2D eigenvalue weighted by molar-refractivity contribution is 0.113. The molecule has 0 atom stereocenters. The number of nitrogens with one attached hydrogen (secondary N) is 1. The molecule has 20 heavy (non-hydrogen) atoms. The monoisotopic (exact) mass is 311 g/mol. The molecule has 110 valence electrons. The molecule has 1 aromatic carbocycles. The average molecular weight is 312 g/mol. The van der Waals surface area contributed by atoms with Crippen molar-refractivity contribution in [3.8, 4) is 0 Å². The summed E-state index contributed by atoms with van der Waals surface area (Å²) in [6.45, 7) is 6.08. The van der Waals surface area contributed by atoms with Gasteiger partial charge in [-0.2, -0.15) is 0 Å². The van der Waals surface area contributed by atoms with Crippen molar-refractivity contribution in [1.29, 1.82) is 0 Å². The minimum absolute atomic E-state index is 0.0108. The SMILES string of the molecule is CCC(CC)(CO)CNCc1sc2ccccc2c1Cl. The number of benzene rings is 1. The fourth-order valence-corrected chi connectivity index (χ4v) is 3.87. The normalized spacial score (nSPS) is 12.2. The van der Waals surface area contributed by atoms with E-state index in [0.29, 0.717) is 0 Å². The van der Waals surface area contributed by atoms with Gasteiger partial charge in [0.1, 0.15) is 0 Å². The first-order valence-electron chi connectivity index (χ1n) is 7.13. The van der Waals surface area contributed by atoms with E-state index >= 15 is 0 Å². The third-order valence-electron chi connectivity index (χ3n) is 4.22. The molecule has 0 unspecified atom stereocenters. The van der Waals surface area contributed by atoms with Crippen molar-refractivity contribution in [3.63, 3.8) is 0 Å². The Morgan fingerprint density at radius 2 is 1.95 bits per heavy atom. The molecule has 0 bridgehead atoms. The highest BCUT2D eigenvalue weighted by molar-refractivity contribution is 7.19. The van der Waals surface area contributed by atoms with E-state index in [1.807, 2.05) is 12.1 Å². The van der Waals surface area contributed by atoms with Gasteiger partial charge in [-0.05, 0) is 18.9 Å². The zero-order valence-corrected chi connectivity index (χ0v) is 13.7. The quantitative estimate of drug-likeness (QED) is 0.792. The molecule has 0 aliphatic rings. The van der Waals surface area contributed by atoms with Crippen LogP contribution in [0, 0.1) is 5.41 Å². The Morgan fingerprint density at radius 1 is 1.25 bits per heavy atom. The maximum absolute atomic E-state index is 9.58. The number of hydrogen-bond donors (Lipinski definition) is 2. The fourth-order valence-electron chi connectivity index (χ4n) is 2.40. The summed E-state index contributed by atoms with van der Waals surface area (Å²) in [7, 11) is 0. The van der Waals surface area contributed by atoms with E-state index in [0.717, 1.165) is 36.3 Å². The predicted octanol–water partition coefficient (Wildman–Crippen LogP) is 4.44. The molecule has 1 aromatic heterocycles. The number of hydrogen-bond acceptors (Lipinski definition) is 3. The van der Waals surface area contributed by atoms with Gasteiger partial charge in [-0.1, -0.05) is 43.6 Å². The third-order valence-corrected chi connectivity index (χ3v) is 5.94. The van der Waals surface area contributed by atoms with Gasteiger partial charge in [0.25, 0.3) is 0 Å². The molecule has 0 aliphatic carbocycles. The van der Waals surface area contributed by atoms with Gasteiger partial charge in [0.05, 0.1) is 5.02 Å². The van der Waals surface area contributed by atoms with Crippen molar-refractivity contribution in [3.05, 3.63) is 34.2 Å². The van der Waals surface area contributed by atoms with Crippen LogP contribution in [0.5, 0.6) is 0 Å². The molecule has 0 fully saturated rings. The lowest BCUT2D eigenvalue weighted by Crippen LogP contribution is -2.36. The van der Waals surface area contributed by atoms with Crippen LogP contribution in [-0.2, 0) is 6.54 Å². The van der Waals surface area contributed by atoms with Crippen molar-refractivity contribution in [2.24, 2.45) is 5.41 Å². The number of aliphatic hydroxyl groups is 1. The number of fused-ring (bicyclic) bond motifs is 1. The number of thiophene rings is 1. The first-order chi connectivity index (χ1) is 9.65. The summed E-state index contributed by atoms with van der Waals surface area (Å²) in [5, 5.41) is 15.0. The van der Waals surface area contributed by atoms with Gasteiger partial charge in [0.2, 0.25) is 0 Å². The highest BCUT2D eigenvalue weighted by Crippen LogP contribution is 2.35. The second-order valence-corrected chi connectivity index (χ2v) is 6.82. The van der Waals surface area contributed by atoms with E-state index in [-0.39, 0.29) is 12.0 Å². The Morgan fingerprint density at radius 3 is 2.55 bits per heavy atom. The molecule has 2 nitrogen and oxygen atoms in total. The first kappa shape index (κ1) is 15.8. The molecule has 0 radical (unpaired) electrons. The van der Waals surface area contributed by atoms with E-state index in [1.165, 1.54) is 9.58 Å². The van der Waals surface area contributed by atoms with Crippen LogP contribution in [0.3, 0.4) is 0 Å². The van der Waals surface area contributed by atoms with E-state index in [4.69, 9.17) is 11.6 Å². The minimum Gasteiger partial charge on any atom is -0.396 e. The van der Waals surface area contributed by atoms with E-state index in [2.05, 4.69) is 31.3 Å². The van der Waals surface area contributed by atoms with E-state index < -0.39 is 0 Å². The topological polar surface area (TPSA) is 32.3 Å². The lowest BCUT2D eigenvalue weighted by Gasteiger charge is -2.29. The smallest absolute Gasteiger partial charge is 0.0636 e. The summed E-state index contributed by atoms with van der Waals surface area (Å²) in [4.78, 5) is 1.17. The summed E-state index contributed by atoms with van der Waals surface area (Å²) in [6, 6.07) is 8.22. The van der Waals surface area contributed by atoms with Gasteiger partial charge in [-0.25, -0.2) is 0 Å². The van der Waals surface area contributed by atoms with Gasteiger partial charge in [0.15, 0.2) is 0 Å². The maximum Gasteiger partial charge on any atom is 0.0636 e. The zero-order chi connectivity index (χ0) is 14.6. The standard InChI is InChI=1S/C16H22ClNOS/c1-3-16(4-2,11-19)10-18-9-14-15(17)12-7-5-6-8-13(12)20-14/h5-8,18-19H,3-4,9-11H2,1-2H3. The van der Waals surface area contributed by atoms with Crippen LogP contribution in [0.25, 0.3) is 10.1 Å². The molecular weight excluding hydrogens is 290 g/mol. The van der Waals surface area contributed by atoms with Gasteiger partial charge < -0.3 is 10.4 Å². The maximum atomic E-state index is 9.58. The highest BCUT2D eigenvalue weighted by atomic mass is 35.5. The van der Waals surface area contributed by atoms with Crippen LogP contribution in [0.15, 0.2) is 24.3 Å². The van der Waals surface area contributed by atoms with E-state index in [1.54, 1.807) is 11.3 Å². The van der Waals surface area contributed by atoms with Crippen LogP contribution in [0.2, 0.25) is 5.02 Å². The van der Waals surface area contributed by atoms with Crippen LogP contribution in [0.1, 0.15) is 31.6 Å². The van der Waals surface area contributed by atoms with Crippen molar-refractivity contribution >= 4 is 33.0 Å². The average Bonchev–Trinajstić information content (AvgIpc) is 2.81. The van der Waals surface area contributed by atoms with Gasteiger partial charge >= 0.3 is 0 Å². The van der Waals surface area contributed by atoms with Crippen molar-refractivity contribution < 1.29 is 5.11 Å². The molecule has 2 rings (SSSR count). The van der Waals surface area contributed by atoms with E-state index in [9.17, 15) is 5.11 Å². The molecule has 0 saturated carbocycles. The summed E-state index contributed by atoms with van der Waals surface area (Å²) in [5.41, 5.74) is -0.0108. The van der Waals surface area contributed by atoms with Crippen molar-refractivity contribution in [2.75, 3.05) is 13.2 Å². The van der Waals surface area contributed by atoms with Crippen molar-refractivity contribution in [2.45, 2.75) is 33.2 Å². The largest absolute Gasteiger partial charge is 0.396 e.